The highest BCUT2D eigenvalue weighted by atomic mass is 16.7. The molecular formula is C21H21N5O3. The number of hydrogen-bond acceptors (Lipinski definition) is 7. The maximum absolute atomic E-state index is 12.6. The number of para-hydroxylation sites is 1. The first-order valence-corrected chi connectivity index (χ1v) is 9.74. The number of carbonyl (C=O) groups is 1. The molecule has 2 fully saturated rings. The standard InChI is InChI=1S/C21H21N5O3/c27-20(23-16-5-1-3-15-4-2-10-22-19(15)16)17-6-7-18(25-24-17)26-11-8-21(9-12-26)28-13-14-29-21/h1-7,10H,8-9,11-14H2,(H,23,27). The Labute approximate surface area is 167 Å². The first-order valence-electron chi connectivity index (χ1n) is 9.74. The fourth-order valence-electron chi connectivity index (χ4n) is 3.87. The topological polar surface area (TPSA) is 89.5 Å². The second-order valence-corrected chi connectivity index (χ2v) is 7.21. The third kappa shape index (κ3) is 3.52. The molecule has 0 saturated carbocycles. The Bertz CT molecular complexity index is 1020. The maximum atomic E-state index is 12.6. The van der Waals surface area contributed by atoms with Crippen LogP contribution in [0.25, 0.3) is 10.9 Å². The molecule has 8 nitrogen and oxygen atoms in total. The van der Waals surface area contributed by atoms with Crippen LogP contribution in [-0.2, 0) is 9.47 Å². The predicted octanol–water partition coefficient (Wildman–Crippen LogP) is 2.62. The molecule has 1 aromatic carbocycles. The van der Waals surface area contributed by atoms with Gasteiger partial charge in [-0.05, 0) is 24.3 Å². The minimum Gasteiger partial charge on any atom is -0.355 e. The summed E-state index contributed by atoms with van der Waals surface area (Å²) in [4.78, 5) is 19.1. The largest absolute Gasteiger partial charge is 0.355 e. The average molecular weight is 391 g/mol. The first kappa shape index (κ1) is 18.0. The van der Waals surface area contributed by atoms with Gasteiger partial charge in [0, 0.05) is 37.5 Å². The van der Waals surface area contributed by atoms with E-state index in [1.165, 1.54) is 0 Å². The van der Waals surface area contributed by atoms with Crippen LogP contribution in [0.2, 0.25) is 0 Å². The quantitative estimate of drug-likeness (QED) is 0.734. The Kier molecular flexibility index (Phi) is 4.57. The number of piperidine rings is 1. The van der Waals surface area contributed by atoms with Crippen molar-refractivity contribution in [1.82, 2.24) is 15.2 Å². The van der Waals surface area contributed by atoms with Gasteiger partial charge in [0.2, 0.25) is 0 Å². The molecule has 0 radical (unpaired) electrons. The van der Waals surface area contributed by atoms with Gasteiger partial charge in [-0.2, -0.15) is 0 Å². The minimum atomic E-state index is -0.420. The van der Waals surface area contributed by atoms with Crippen molar-refractivity contribution in [3.05, 3.63) is 54.4 Å². The van der Waals surface area contributed by atoms with Gasteiger partial charge in [0.25, 0.3) is 5.91 Å². The summed E-state index contributed by atoms with van der Waals surface area (Å²) in [7, 11) is 0. The molecule has 1 spiro atoms. The van der Waals surface area contributed by atoms with E-state index in [1.807, 2.05) is 36.4 Å². The van der Waals surface area contributed by atoms with Gasteiger partial charge in [-0.15, -0.1) is 10.2 Å². The molecule has 2 aromatic heterocycles. The highest BCUT2D eigenvalue weighted by molar-refractivity contribution is 6.07. The van der Waals surface area contributed by atoms with E-state index in [0.29, 0.717) is 18.9 Å². The van der Waals surface area contributed by atoms with Gasteiger partial charge in [-0.1, -0.05) is 18.2 Å². The van der Waals surface area contributed by atoms with E-state index < -0.39 is 5.79 Å². The Hall–Kier alpha value is -3.10. The van der Waals surface area contributed by atoms with Crippen LogP contribution in [0.1, 0.15) is 23.3 Å². The zero-order chi connectivity index (χ0) is 19.7. The summed E-state index contributed by atoms with van der Waals surface area (Å²) in [6.07, 6.45) is 3.30. The summed E-state index contributed by atoms with van der Waals surface area (Å²) in [5, 5.41) is 12.2. The fraction of sp³-hybridized carbons (Fsp3) is 0.333. The van der Waals surface area contributed by atoms with E-state index in [2.05, 4.69) is 25.4 Å². The number of fused-ring (bicyclic) bond motifs is 1. The van der Waals surface area contributed by atoms with Gasteiger partial charge in [0.15, 0.2) is 17.3 Å². The minimum absolute atomic E-state index is 0.262. The van der Waals surface area contributed by atoms with Crippen molar-refractivity contribution < 1.29 is 14.3 Å². The number of benzene rings is 1. The number of pyridine rings is 1. The van der Waals surface area contributed by atoms with Gasteiger partial charge in [-0.25, -0.2) is 0 Å². The van der Waals surface area contributed by atoms with Gasteiger partial charge >= 0.3 is 0 Å². The number of rotatable bonds is 3. The van der Waals surface area contributed by atoms with Crippen LogP contribution in [0, 0.1) is 0 Å². The number of aromatic nitrogens is 3. The third-order valence-electron chi connectivity index (χ3n) is 5.43. The number of carbonyl (C=O) groups excluding carboxylic acids is 1. The molecule has 4 heterocycles. The van der Waals surface area contributed by atoms with Crippen molar-refractivity contribution in [3.8, 4) is 0 Å². The number of nitrogens with one attached hydrogen (secondary N) is 1. The summed E-state index contributed by atoms with van der Waals surface area (Å²) in [5.74, 6) is 0.0183. The van der Waals surface area contributed by atoms with Crippen molar-refractivity contribution in [1.29, 1.82) is 0 Å². The van der Waals surface area contributed by atoms with Crippen LogP contribution in [0.5, 0.6) is 0 Å². The summed E-state index contributed by atoms with van der Waals surface area (Å²) >= 11 is 0. The lowest BCUT2D eigenvalue weighted by molar-refractivity contribution is -0.169. The number of hydrogen-bond donors (Lipinski definition) is 1. The smallest absolute Gasteiger partial charge is 0.276 e. The molecule has 5 rings (SSSR count). The summed E-state index contributed by atoms with van der Waals surface area (Å²) in [6.45, 7) is 2.88. The molecule has 2 aliphatic rings. The highest BCUT2D eigenvalue weighted by Crippen LogP contribution is 2.32. The lowest BCUT2D eigenvalue weighted by Crippen LogP contribution is -2.45. The number of anilines is 2. The van der Waals surface area contributed by atoms with Gasteiger partial charge in [-0.3, -0.25) is 9.78 Å². The van der Waals surface area contributed by atoms with Crippen molar-refractivity contribution >= 4 is 28.3 Å². The molecule has 2 aliphatic heterocycles. The fourth-order valence-corrected chi connectivity index (χ4v) is 3.87. The summed E-state index contributed by atoms with van der Waals surface area (Å²) in [5.41, 5.74) is 1.65. The molecule has 0 aliphatic carbocycles. The lowest BCUT2D eigenvalue weighted by Gasteiger charge is -2.37. The molecule has 148 valence electrons. The molecule has 0 bridgehead atoms. The Balaban J connectivity index is 1.27. The molecule has 3 aromatic rings. The monoisotopic (exact) mass is 391 g/mol. The van der Waals surface area contributed by atoms with Crippen molar-refractivity contribution in [3.63, 3.8) is 0 Å². The van der Waals surface area contributed by atoms with E-state index in [4.69, 9.17) is 9.47 Å². The predicted molar refractivity (Wildman–Crippen MR) is 108 cm³/mol. The van der Waals surface area contributed by atoms with Gasteiger partial charge < -0.3 is 19.7 Å². The molecule has 1 amide bonds. The number of nitrogens with zero attached hydrogens (tertiary/aromatic N) is 4. The third-order valence-corrected chi connectivity index (χ3v) is 5.43. The molecular weight excluding hydrogens is 370 g/mol. The van der Waals surface area contributed by atoms with E-state index >= 15 is 0 Å². The second-order valence-electron chi connectivity index (χ2n) is 7.21. The molecule has 29 heavy (non-hydrogen) atoms. The summed E-state index contributed by atoms with van der Waals surface area (Å²) < 4.78 is 11.5. The van der Waals surface area contributed by atoms with E-state index in [-0.39, 0.29) is 11.6 Å². The van der Waals surface area contributed by atoms with E-state index in [1.54, 1.807) is 12.3 Å². The van der Waals surface area contributed by atoms with Crippen LogP contribution >= 0.6 is 0 Å². The van der Waals surface area contributed by atoms with E-state index in [0.717, 1.165) is 42.7 Å². The lowest BCUT2D eigenvalue weighted by atomic mass is 10.0. The Morgan fingerprint density at radius 3 is 2.55 bits per heavy atom. The second kappa shape index (κ2) is 7.38. The van der Waals surface area contributed by atoms with Crippen LogP contribution < -0.4 is 10.2 Å². The van der Waals surface area contributed by atoms with Crippen molar-refractivity contribution in [2.24, 2.45) is 0 Å². The normalized spacial score (nSPS) is 18.3. The molecule has 0 unspecified atom stereocenters. The van der Waals surface area contributed by atoms with Crippen molar-refractivity contribution in [2.45, 2.75) is 18.6 Å². The zero-order valence-corrected chi connectivity index (χ0v) is 15.9. The highest BCUT2D eigenvalue weighted by Gasteiger charge is 2.40. The zero-order valence-electron chi connectivity index (χ0n) is 15.9. The maximum Gasteiger partial charge on any atom is 0.276 e. The number of ether oxygens (including phenoxy) is 2. The van der Waals surface area contributed by atoms with Crippen LogP contribution in [0.15, 0.2) is 48.7 Å². The van der Waals surface area contributed by atoms with Crippen molar-refractivity contribution in [2.75, 3.05) is 36.5 Å². The van der Waals surface area contributed by atoms with Crippen LogP contribution in [-0.4, -0.2) is 53.2 Å². The molecule has 0 atom stereocenters. The SMILES string of the molecule is O=C(Nc1cccc2cccnc12)c1ccc(N2CCC3(CC2)OCCO3)nn1. The average Bonchev–Trinajstić information content (AvgIpc) is 3.22. The van der Waals surface area contributed by atoms with Crippen LogP contribution in [0.3, 0.4) is 0 Å². The molecule has 8 heteroatoms. The van der Waals surface area contributed by atoms with E-state index in [9.17, 15) is 4.79 Å². The Morgan fingerprint density at radius 1 is 1.00 bits per heavy atom. The number of amides is 1. The van der Waals surface area contributed by atoms with Gasteiger partial charge in [0.1, 0.15) is 0 Å². The van der Waals surface area contributed by atoms with Gasteiger partial charge in [0.05, 0.1) is 24.4 Å². The first-order chi connectivity index (χ1) is 14.2. The Morgan fingerprint density at radius 2 is 1.79 bits per heavy atom. The molecule has 2 saturated heterocycles. The summed E-state index contributed by atoms with van der Waals surface area (Å²) in [6, 6.07) is 13.0. The van der Waals surface area contributed by atoms with Crippen LogP contribution in [0.4, 0.5) is 11.5 Å². The molecule has 1 N–H and O–H groups in total.